The van der Waals surface area contributed by atoms with Crippen LogP contribution in [0, 0.1) is 5.92 Å². The highest BCUT2D eigenvalue weighted by Crippen LogP contribution is 2.32. The van der Waals surface area contributed by atoms with E-state index in [-0.39, 0.29) is 36.1 Å². The number of carbonyl (C=O) groups excluding carboxylic acids is 1. The van der Waals surface area contributed by atoms with E-state index in [0.717, 1.165) is 50.8 Å². The molecule has 1 saturated carbocycles. The van der Waals surface area contributed by atoms with E-state index >= 15 is 0 Å². The van der Waals surface area contributed by atoms with Gasteiger partial charge in [-0.2, -0.15) is 0 Å². The van der Waals surface area contributed by atoms with Gasteiger partial charge in [0, 0.05) is 39.3 Å². The van der Waals surface area contributed by atoms with Gasteiger partial charge in [0.1, 0.15) is 11.9 Å². The van der Waals surface area contributed by atoms with E-state index in [0.29, 0.717) is 12.5 Å². The number of aryl methyl sites for hydroxylation is 1. The molecule has 0 bridgehead atoms. The fraction of sp³-hybridized carbons (Fsp3) is 0.810. The zero-order valence-corrected chi connectivity index (χ0v) is 21.8. The Bertz CT molecular complexity index is 734. The van der Waals surface area contributed by atoms with Crippen LogP contribution in [0.5, 0.6) is 0 Å². The van der Waals surface area contributed by atoms with Crippen molar-refractivity contribution in [3.63, 3.8) is 0 Å². The molecule has 0 unspecified atom stereocenters. The molecule has 1 aliphatic carbocycles. The van der Waals surface area contributed by atoms with Gasteiger partial charge < -0.3 is 24.4 Å². The number of guanidine groups is 1. The van der Waals surface area contributed by atoms with E-state index in [2.05, 4.69) is 32.3 Å². The number of aromatic nitrogens is 3. The minimum absolute atomic E-state index is 0. The summed E-state index contributed by atoms with van der Waals surface area (Å²) in [6.45, 7) is 11.8. The Kier molecular flexibility index (Phi) is 9.38. The predicted octanol–water partition coefficient (Wildman–Crippen LogP) is 3.10. The van der Waals surface area contributed by atoms with Crippen LogP contribution in [-0.4, -0.2) is 74.9 Å². The molecule has 3 rings (SSSR count). The number of nitrogens with one attached hydrogen (secondary N) is 1. The highest BCUT2D eigenvalue weighted by molar-refractivity contribution is 14.0. The average Bonchev–Trinajstić information content (AvgIpc) is 3.41. The van der Waals surface area contributed by atoms with Crippen molar-refractivity contribution in [2.75, 3.05) is 26.7 Å². The molecule has 1 amide bonds. The summed E-state index contributed by atoms with van der Waals surface area (Å²) in [6, 6.07) is 0.220. The van der Waals surface area contributed by atoms with E-state index < -0.39 is 5.60 Å². The smallest absolute Gasteiger partial charge is 0.410 e. The summed E-state index contributed by atoms with van der Waals surface area (Å²) in [4.78, 5) is 21.5. The van der Waals surface area contributed by atoms with Crippen LogP contribution in [0.3, 0.4) is 0 Å². The van der Waals surface area contributed by atoms with Crippen LogP contribution in [0.25, 0.3) is 0 Å². The number of likely N-dealkylation sites (tertiary alicyclic amines) is 1. The lowest BCUT2D eigenvalue weighted by atomic mass is 10.0. The molecule has 9 nitrogen and oxygen atoms in total. The van der Waals surface area contributed by atoms with Crippen molar-refractivity contribution in [2.45, 2.75) is 78.1 Å². The van der Waals surface area contributed by atoms with Gasteiger partial charge in [-0.05, 0) is 59.3 Å². The van der Waals surface area contributed by atoms with E-state index in [1.807, 2.05) is 30.2 Å². The van der Waals surface area contributed by atoms with Crippen molar-refractivity contribution in [3.8, 4) is 0 Å². The minimum Gasteiger partial charge on any atom is -0.444 e. The molecule has 31 heavy (non-hydrogen) atoms. The van der Waals surface area contributed by atoms with Crippen molar-refractivity contribution in [1.82, 2.24) is 29.9 Å². The van der Waals surface area contributed by atoms with Crippen molar-refractivity contribution in [3.05, 3.63) is 12.2 Å². The van der Waals surface area contributed by atoms with Crippen molar-refractivity contribution in [1.29, 1.82) is 0 Å². The van der Waals surface area contributed by atoms with Crippen LogP contribution in [0.15, 0.2) is 11.3 Å². The second kappa shape index (κ2) is 11.3. The van der Waals surface area contributed by atoms with Gasteiger partial charge in [0.25, 0.3) is 0 Å². The fourth-order valence-corrected chi connectivity index (χ4v) is 3.83. The molecule has 0 aromatic carbocycles. The van der Waals surface area contributed by atoms with Crippen LogP contribution in [0.1, 0.15) is 59.2 Å². The van der Waals surface area contributed by atoms with Crippen LogP contribution in [0.2, 0.25) is 0 Å². The molecule has 10 heteroatoms. The van der Waals surface area contributed by atoms with Gasteiger partial charge in [-0.25, -0.2) is 4.79 Å². The molecule has 1 saturated heterocycles. The third-order valence-corrected chi connectivity index (χ3v) is 5.64. The predicted molar refractivity (Wildman–Crippen MR) is 132 cm³/mol. The lowest BCUT2D eigenvalue weighted by Gasteiger charge is -2.40. The number of carbonyl (C=O) groups is 1. The number of hydrogen-bond acceptors (Lipinski definition) is 5. The van der Waals surface area contributed by atoms with Crippen molar-refractivity contribution >= 4 is 36.0 Å². The van der Waals surface area contributed by atoms with Crippen LogP contribution in [-0.2, 0) is 17.8 Å². The zero-order chi connectivity index (χ0) is 21.7. The molecule has 2 heterocycles. The standard InChI is InChI=1S/C21H37N7O2.HI/c1-6-26-15-24-25-18(26)13-23-19(22-5)27-11-9-17(10-12-27)28(14-16-7-8-16)20(29)30-21(2,3)4;/h15-17H,6-14H2,1-5H3,(H,22,23);1H. The Balaban J connectivity index is 0.00000341. The summed E-state index contributed by atoms with van der Waals surface area (Å²) in [7, 11) is 1.80. The summed E-state index contributed by atoms with van der Waals surface area (Å²) in [5.74, 6) is 2.40. The molecule has 0 spiro atoms. The first kappa shape index (κ1) is 25.7. The molecule has 0 atom stereocenters. The topological polar surface area (TPSA) is 87.9 Å². The molecular formula is C21H38IN7O2. The Morgan fingerprint density at radius 1 is 1.29 bits per heavy atom. The number of nitrogens with zero attached hydrogens (tertiary/aromatic N) is 6. The Labute approximate surface area is 203 Å². The lowest BCUT2D eigenvalue weighted by Crippen LogP contribution is -2.52. The van der Waals surface area contributed by atoms with E-state index in [4.69, 9.17) is 4.74 Å². The molecule has 1 N–H and O–H groups in total. The molecule has 1 aromatic heterocycles. The molecule has 2 fully saturated rings. The highest BCUT2D eigenvalue weighted by Gasteiger charge is 2.35. The van der Waals surface area contributed by atoms with Gasteiger partial charge in [0.2, 0.25) is 0 Å². The SMILES string of the molecule is CCn1cnnc1CNC(=NC)N1CCC(N(CC2CC2)C(=O)OC(C)(C)C)CC1.I. The first-order valence-electron chi connectivity index (χ1n) is 11.1. The Morgan fingerprint density at radius 2 is 1.97 bits per heavy atom. The molecule has 1 aromatic rings. The van der Waals surface area contributed by atoms with Gasteiger partial charge in [0.05, 0.1) is 6.54 Å². The van der Waals surface area contributed by atoms with Crippen LogP contribution >= 0.6 is 24.0 Å². The molecule has 1 aliphatic heterocycles. The number of aliphatic imine (C=N–C) groups is 1. The number of rotatable bonds is 6. The number of amides is 1. The van der Waals surface area contributed by atoms with E-state index in [1.54, 1.807) is 13.4 Å². The Hall–Kier alpha value is -1.59. The maximum Gasteiger partial charge on any atom is 0.410 e. The lowest BCUT2D eigenvalue weighted by molar-refractivity contribution is 0.00928. The van der Waals surface area contributed by atoms with Gasteiger partial charge in [-0.15, -0.1) is 34.2 Å². The highest BCUT2D eigenvalue weighted by atomic mass is 127. The summed E-state index contributed by atoms with van der Waals surface area (Å²) < 4.78 is 7.72. The van der Waals surface area contributed by atoms with Gasteiger partial charge in [-0.3, -0.25) is 4.99 Å². The quantitative estimate of drug-likeness (QED) is 0.335. The fourth-order valence-electron chi connectivity index (χ4n) is 3.83. The number of hydrogen-bond donors (Lipinski definition) is 1. The third kappa shape index (κ3) is 7.50. The van der Waals surface area contributed by atoms with Gasteiger partial charge in [0.15, 0.2) is 11.8 Å². The van der Waals surface area contributed by atoms with Crippen LogP contribution < -0.4 is 5.32 Å². The largest absolute Gasteiger partial charge is 0.444 e. The van der Waals surface area contributed by atoms with Crippen LogP contribution in [0.4, 0.5) is 4.79 Å². The molecular weight excluding hydrogens is 509 g/mol. The van der Waals surface area contributed by atoms with E-state index in [9.17, 15) is 4.79 Å². The summed E-state index contributed by atoms with van der Waals surface area (Å²) >= 11 is 0. The maximum atomic E-state index is 12.8. The average molecular weight is 547 g/mol. The minimum atomic E-state index is -0.468. The normalized spacial score (nSPS) is 17.8. The number of piperidine rings is 1. The molecule has 176 valence electrons. The molecule has 0 radical (unpaired) electrons. The summed E-state index contributed by atoms with van der Waals surface area (Å²) in [5, 5.41) is 11.6. The van der Waals surface area contributed by atoms with Gasteiger partial charge >= 0.3 is 6.09 Å². The number of halogens is 1. The third-order valence-electron chi connectivity index (χ3n) is 5.64. The van der Waals surface area contributed by atoms with Crippen molar-refractivity contribution in [2.24, 2.45) is 10.9 Å². The van der Waals surface area contributed by atoms with Crippen molar-refractivity contribution < 1.29 is 9.53 Å². The van der Waals surface area contributed by atoms with E-state index in [1.165, 1.54) is 12.8 Å². The zero-order valence-electron chi connectivity index (χ0n) is 19.5. The second-order valence-corrected chi connectivity index (χ2v) is 9.23. The first-order chi connectivity index (χ1) is 14.3. The summed E-state index contributed by atoms with van der Waals surface area (Å²) in [5.41, 5.74) is -0.468. The first-order valence-corrected chi connectivity index (χ1v) is 11.1. The Morgan fingerprint density at radius 3 is 2.52 bits per heavy atom. The summed E-state index contributed by atoms with van der Waals surface area (Å²) in [6.07, 6.45) is 5.84. The monoisotopic (exact) mass is 547 g/mol. The van der Waals surface area contributed by atoms with Gasteiger partial charge in [-0.1, -0.05) is 0 Å². The molecule has 2 aliphatic rings. The maximum absolute atomic E-state index is 12.8. The number of ether oxygens (including phenoxy) is 1. The second-order valence-electron chi connectivity index (χ2n) is 9.23.